The van der Waals surface area contributed by atoms with Gasteiger partial charge >= 0.3 is 0 Å². The maximum atomic E-state index is 12.6. The van der Waals surface area contributed by atoms with Crippen molar-refractivity contribution in [2.75, 3.05) is 25.2 Å². The van der Waals surface area contributed by atoms with Gasteiger partial charge in [-0.2, -0.15) is 0 Å². The summed E-state index contributed by atoms with van der Waals surface area (Å²) in [4.78, 5) is 17.1. The number of carbonyl (C=O) groups excluding carboxylic acids is 1. The van der Waals surface area contributed by atoms with Crippen LogP contribution < -0.4 is 5.32 Å². The molecule has 30 heavy (non-hydrogen) atoms. The first kappa shape index (κ1) is 22.4. The molecule has 2 aromatic carbocycles. The highest BCUT2D eigenvalue weighted by molar-refractivity contribution is 7.91. The summed E-state index contributed by atoms with van der Waals surface area (Å²) in [6.45, 7) is 0. The van der Waals surface area contributed by atoms with Crippen molar-refractivity contribution in [1.29, 1.82) is 0 Å². The summed E-state index contributed by atoms with van der Waals surface area (Å²) in [7, 11) is -4.84. The van der Waals surface area contributed by atoms with Gasteiger partial charge in [-0.05, 0) is 66.8 Å². The van der Waals surface area contributed by atoms with Crippen molar-refractivity contribution in [3.8, 4) is 0 Å². The van der Waals surface area contributed by atoms with Crippen LogP contribution in [0.4, 0.5) is 5.69 Å². The van der Waals surface area contributed by atoms with E-state index in [1.54, 1.807) is 12.1 Å². The molecule has 0 unspecified atom stereocenters. The molecule has 1 amide bonds. The average Bonchev–Trinajstić information content (AvgIpc) is 3.20. The maximum absolute atomic E-state index is 12.6. The summed E-state index contributed by atoms with van der Waals surface area (Å²) in [5.74, 6) is -0.771. The van der Waals surface area contributed by atoms with Crippen LogP contribution in [0.3, 0.4) is 0 Å². The lowest BCUT2D eigenvalue weighted by molar-refractivity contribution is -0.115. The van der Waals surface area contributed by atoms with Gasteiger partial charge in [0.15, 0.2) is 9.84 Å². The predicted molar refractivity (Wildman–Crippen MR) is 112 cm³/mol. The van der Waals surface area contributed by atoms with Crippen molar-refractivity contribution in [2.24, 2.45) is 0 Å². The summed E-state index contributed by atoms with van der Waals surface area (Å²) >= 11 is 0. The number of aryl methyl sites for hydroxylation is 2. The molecule has 0 atom stereocenters. The van der Waals surface area contributed by atoms with E-state index >= 15 is 0 Å². The standard InChI is InChI=1S/C20H24N2O6S2/c1-22(28-2)30(26,27)18-10-7-17(8-11-18)21-20(23)12-13-29(24,25)19-9-6-15-4-3-5-16(15)14-19/h6-11,14H,3-5,12-13H2,1-2H3,(H,21,23). The van der Waals surface area contributed by atoms with E-state index in [4.69, 9.17) is 4.84 Å². The number of fused-ring (bicyclic) bond motifs is 1. The molecule has 1 aliphatic rings. The van der Waals surface area contributed by atoms with E-state index in [1.165, 1.54) is 44.0 Å². The summed E-state index contributed by atoms with van der Waals surface area (Å²) in [5.41, 5.74) is 2.62. The molecule has 0 aliphatic heterocycles. The number of nitrogens with zero attached hydrogens (tertiary/aromatic N) is 1. The lowest BCUT2D eigenvalue weighted by atomic mass is 10.1. The fourth-order valence-corrected chi connectivity index (χ4v) is 5.53. The Morgan fingerprint density at radius 3 is 2.30 bits per heavy atom. The molecule has 2 aromatic rings. The molecular formula is C20H24N2O6S2. The summed E-state index contributed by atoms with van der Waals surface area (Å²) in [6.07, 6.45) is 2.68. The second-order valence-corrected chi connectivity index (χ2v) is 11.1. The van der Waals surface area contributed by atoms with Crippen molar-refractivity contribution in [2.45, 2.75) is 35.5 Å². The normalized spacial score (nSPS) is 14.0. The zero-order valence-electron chi connectivity index (χ0n) is 16.8. The third-order valence-corrected chi connectivity index (χ3v) is 8.47. The molecule has 162 valence electrons. The fourth-order valence-electron chi connectivity index (χ4n) is 3.27. The van der Waals surface area contributed by atoms with Crippen molar-refractivity contribution in [3.63, 3.8) is 0 Å². The molecule has 1 aliphatic carbocycles. The average molecular weight is 453 g/mol. The molecule has 0 aromatic heterocycles. The Bertz CT molecular complexity index is 1140. The van der Waals surface area contributed by atoms with Gasteiger partial charge in [0.25, 0.3) is 10.0 Å². The first-order valence-electron chi connectivity index (χ1n) is 9.41. The SMILES string of the molecule is CON(C)S(=O)(=O)c1ccc(NC(=O)CCS(=O)(=O)c2ccc3c(c2)CCC3)cc1. The fraction of sp³-hybridized carbons (Fsp3) is 0.350. The van der Waals surface area contributed by atoms with Gasteiger partial charge in [0.1, 0.15) is 0 Å². The highest BCUT2D eigenvalue weighted by Crippen LogP contribution is 2.25. The Morgan fingerprint density at radius 1 is 1.00 bits per heavy atom. The number of sulfone groups is 1. The third kappa shape index (κ3) is 4.89. The second kappa shape index (κ2) is 8.84. The topological polar surface area (TPSA) is 110 Å². The number of rotatable bonds is 8. The van der Waals surface area contributed by atoms with E-state index in [2.05, 4.69) is 5.32 Å². The number of amides is 1. The Morgan fingerprint density at radius 2 is 1.63 bits per heavy atom. The number of hydrogen-bond donors (Lipinski definition) is 1. The Hall–Kier alpha value is -2.27. The largest absolute Gasteiger partial charge is 0.326 e. The number of hydroxylamine groups is 1. The third-order valence-electron chi connectivity index (χ3n) is 5.06. The molecule has 0 bridgehead atoms. The van der Waals surface area contributed by atoms with Gasteiger partial charge in [0, 0.05) is 19.2 Å². The summed E-state index contributed by atoms with van der Waals surface area (Å²) in [6, 6.07) is 10.7. The number of benzene rings is 2. The summed E-state index contributed by atoms with van der Waals surface area (Å²) in [5, 5.41) is 2.59. The van der Waals surface area contributed by atoms with E-state index in [9.17, 15) is 21.6 Å². The number of sulfonamides is 1. The van der Waals surface area contributed by atoms with E-state index in [1.807, 2.05) is 6.07 Å². The number of anilines is 1. The van der Waals surface area contributed by atoms with Gasteiger partial charge in [-0.25, -0.2) is 16.8 Å². The Labute approximate surface area is 176 Å². The van der Waals surface area contributed by atoms with Crippen LogP contribution in [0.15, 0.2) is 52.3 Å². The lowest BCUT2D eigenvalue weighted by Crippen LogP contribution is -2.25. The van der Waals surface area contributed by atoms with Crippen LogP contribution in [0.1, 0.15) is 24.0 Å². The minimum atomic E-state index is -3.78. The van der Waals surface area contributed by atoms with Gasteiger partial charge in [0.05, 0.1) is 22.7 Å². The number of hydrogen-bond acceptors (Lipinski definition) is 6. The van der Waals surface area contributed by atoms with E-state index in [0.717, 1.165) is 29.3 Å². The number of carbonyl (C=O) groups is 1. The lowest BCUT2D eigenvalue weighted by Gasteiger charge is -2.14. The van der Waals surface area contributed by atoms with Gasteiger partial charge < -0.3 is 5.32 Å². The molecule has 3 rings (SSSR count). The summed E-state index contributed by atoms with van der Waals surface area (Å²) < 4.78 is 50.2. The first-order valence-corrected chi connectivity index (χ1v) is 12.5. The minimum absolute atomic E-state index is 0.00374. The molecular weight excluding hydrogens is 428 g/mol. The second-order valence-electron chi connectivity index (χ2n) is 7.02. The van der Waals surface area contributed by atoms with Gasteiger partial charge in [-0.1, -0.05) is 10.5 Å². The van der Waals surface area contributed by atoms with Crippen molar-refractivity contribution in [3.05, 3.63) is 53.6 Å². The molecule has 1 N–H and O–H groups in total. The molecule has 0 saturated carbocycles. The highest BCUT2D eigenvalue weighted by atomic mass is 32.2. The van der Waals surface area contributed by atoms with Gasteiger partial charge in [-0.15, -0.1) is 0 Å². The van der Waals surface area contributed by atoms with Crippen LogP contribution in [0.2, 0.25) is 0 Å². The highest BCUT2D eigenvalue weighted by Gasteiger charge is 2.22. The Kier molecular flexibility index (Phi) is 6.61. The monoisotopic (exact) mass is 452 g/mol. The molecule has 0 saturated heterocycles. The molecule has 8 nitrogen and oxygen atoms in total. The van der Waals surface area contributed by atoms with Crippen molar-refractivity contribution in [1.82, 2.24) is 4.47 Å². The van der Waals surface area contributed by atoms with E-state index in [-0.39, 0.29) is 22.0 Å². The van der Waals surface area contributed by atoms with Crippen molar-refractivity contribution < 1.29 is 26.5 Å². The smallest absolute Gasteiger partial charge is 0.264 e. The first-order chi connectivity index (χ1) is 14.1. The van der Waals surface area contributed by atoms with Crippen molar-refractivity contribution >= 4 is 31.5 Å². The molecule has 10 heteroatoms. The molecule has 0 fully saturated rings. The molecule has 0 spiro atoms. The van der Waals surface area contributed by atoms with Crippen LogP contribution in [0.5, 0.6) is 0 Å². The minimum Gasteiger partial charge on any atom is -0.326 e. The van der Waals surface area contributed by atoms with Crippen LogP contribution in [0, 0.1) is 0 Å². The maximum Gasteiger partial charge on any atom is 0.264 e. The van der Waals surface area contributed by atoms with Crippen LogP contribution in [0.25, 0.3) is 0 Å². The van der Waals surface area contributed by atoms with Crippen LogP contribution >= 0.6 is 0 Å². The zero-order chi connectivity index (χ0) is 21.9. The molecule has 0 heterocycles. The van der Waals surface area contributed by atoms with Gasteiger partial charge in [-0.3, -0.25) is 9.63 Å². The Balaban J connectivity index is 1.60. The quantitative estimate of drug-likeness (QED) is 0.615. The molecule has 0 radical (unpaired) electrons. The zero-order valence-corrected chi connectivity index (χ0v) is 18.4. The van der Waals surface area contributed by atoms with Gasteiger partial charge in [0.2, 0.25) is 5.91 Å². The van der Waals surface area contributed by atoms with Crippen LogP contribution in [-0.4, -0.2) is 47.1 Å². The predicted octanol–water partition coefficient (Wildman–Crippen LogP) is 2.16. The number of nitrogens with one attached hydrogen (secondary N) is 1. The van der Waals surface area contributed by atoms with Crippen LogP contribution in [-0.2, 0) is 42.3 Å². The van der Waals surface area contributed by atoms with E-state index in [0.29, 0.717) is 5.69 Å². The van der Waals surface area contributed by atoms with E-state index < -0.39 is 25.8 Å².